The first-order valence-electron chi connectivity index (χ1n) is 3.40. The van der Waals surface area contributed by atoms with Crippen LogP contribution in [0.15, 0.2) is 12.4 Å². The molecule has 1 aromatic heterocycles. The molecule has 1 heterocycles. The Balaban J connectivity index is 3.29. The summed E-state index contributed by atoms with van der Waals surface area (Å²) in [6, 6.07) is 1.65. The quantitative estimate of drug-likeness (QED) is 0.705. The maximum Gasteiger partial charge on any atom is 0.266 e. The standard InChI is InChI=1S/C8H6F2N2O/c1-13-7-4-12-3-6(8(9)10)5(7)2-11/h3-4,8H,1H3. The van der Waals surface area contributed by atoms with Gasteiger partial charge >= 0.3 is 0 Å². The SMILES string of the molecule is COc1cncc(C(F)F)c1C#N. The smallest absolute Gasteiger partial charge is 0.266 e. The number of pyridine rings is 1. The van der Waals surface area contributed by atoms with E-state index >= 15 is 0 Å². The summed E-state index contributed by atoms with van der Waals surface area (Å²) in [4.78, 5) is 3.53. The topological polar surface area (TPSA) is 45.9 Å². The number of hydrogen-bond donors (Lipinski definition) is 0. The van der Waals surface area contributed by atoms with Crippen molar-refractivity contribution in [3.05, 3.63) is 23.5 Å². The Bertz CT molecular complexity index is 346. The largest absolute Gasteiger partial charge is 0.494 e. The fourth-order valence-electron chi connectivity index (χ4n) is 0.896. The molecule has 0 aromatic carbocycles. The van der Waals surface area contributed by atoms with Gasteiger partial charge < -0.3 is 4.74 Å². The normalized spacial score (nSPS) is 9.77. The van der Waals surface area contributed by atoms with Gasteiger partial charge in [0.15, 0.2) is 5.75 Å². The summed E-state index contributed by atoms with van der Waals surface area (Å²) in [6.45, 7) is 0. The number of aromatic nitrogens is 1. The van der Waals surface area contributed by atoms with Gasteiger partial charge in [0.25, 0.3) is 6.43 Å². The molecule has 0 saturated heterocycles. The van der Waals surface area contributed by atoms with Gasteiger partial charge in [-0.3, -0.25) is 4.98 Å². The molecule has 0 amide bonds. The van der Waals surface area contributed by atoms with Gasteiger partial charge in [0.1, 0.15) is 11.6 Å². The van der Waals surface area contributed by atoms with Crippen LogP contribution in [0.3, 0.4) is 0 Å². The number of alkyl halides is 2. The van der Waals surface area contributed by atoms with E-state index in [1.54, 1.807) is 6.07 Å². The lowest BCUT2D eigenvalue weighted by molar-refractivity contribution is 0.150. The predicted molar refractivity (Wildman–Crippen MR) is 40.5 cm³/mol. The summed E-state index contributed by atoms with van der Waals surface area (Å²) in [5, 5.41) is 8.59. The number of hydrogen-bond acceptors (Lipinski definition) is 3. The monoisotopic (exact) mass is 184 g/mol. The average molecular weight is 184 g/mol. The maximum absolute atomic E-state index is 12.3. The zero-order valence-electron chi connectivity index (χ0n) is 6.79. The summed E-state index contributed by atoms with van der Waals surface area (Å²) in [5.41, 5.74) is -0.561. The minimum Gasteiger partial charge on any atom is -0.494 e. The third-order valence-corrected chi connectivity index (χ3v) is 1.51. The molecule has 0 aliphatic carbocycles. The van der Waals surface area contributed by atoms with Gasteiger partial charge in [-0.05, 0) is 0 Å². The zero-order valence-corrected chi connectivity index (χ0v) is 6.79. The van der Waals surface area contributed by atoms with Crippen LogP contribution in [-0.4, -0.2) is 12.1 Å². The summed E-state index contributed by atoms with van der Waals surface area (Å²) in [5.74, 6) is 0.0697. The molecular weight excluding hydrogens is 178 g/mol. The molecule has 5 heteroatoms. The van der Waals surface area contributed by atoms with Crippen molar-refractivity contribution in [1.29, 1.82) is 5.26 Å². The van der Waals surface area contributed by atoms with E-state index in [1.807, 2.05) is 0 Å². The Morgan fingerprint density at radius 3 is 2.69 bits per heavy atom. The second-order valence-electron chi connectivity index (χ2n) is 2.22. The van der Waals surface area contributed by atoms with Crippen LogP contribution in [0.1, 0.15) is 17.6 Å². The van der Waals surface area contributed by atoms with E-state index < -0.39 is 12.0 Å². The van der Waals surface area contributed by atoms with Crippen LogP contribution in [0.4, 0.5) is 8.78 Å². The van der Waals surface area contributed by atoms with E-state index in [2.05, 4.69) is 4.98 Å². The van der Waals surface area contributed by atoms with Crippen molar-refractivity contribution in [3.8, 4) is 11.8 Å². The Morgan fingerprint density at radius 1 is 1.54 bits per heavy atom. The molecule has 1 rings (SSSR count). The fourth-order valence-corrected chi connectivity index (χ4v) is 0.896. The van der Waals surface area contributed by atoms with E-state index in [4.69, 9.17) is 10.00 Å². The highest BCUT2D eigenvalue weighted by Gasteiger charge is 2.16. The van der Waals surface area contributed by atoms with Crippen LogP contribution in [0.2, 0.25) is 0 Å². The highest BCUT2D eigenvalue weighted by Crippen LogP contribution is 2.27. The van der Waals surface area contributed by atoms with Crippen molar-refractivity contribution in [2.24, 2.45) is 0 Å². The molecule has 3 nitrogen and oxygen atoms in total. The van der Waals surface area contributed by atoms with Crippen molar-refractivity contribution in [1.82, 2.24) is 4.98 Å². The van der Waals surface area contributed by atoms with E-state index in [9.17, 15) is 8.78 Å². The van der Waals surface area contributed by atoms with Crippen LogP contribution >= 0.6 is 0 Å². The van der Waals surface area contributed by atoms with E-state index in [1.165, 1.54) is 13.3 Å². The first-order chi connectivity index (χ1) is 6.20. The second-order valence-corrected chi connectivity index (χ2v) is 2.22. The van der Waals surface area contributed by atoms with Crippen LogP contribution in [0.25, 0.3) is 0 Å². The van der Waals surface area contributed by atoms with Crippen LogP contribution in [0, 0.1) is 11.3 Å². The van der Waals surface area contributed by atoms with Gasteiger partial charge in [-0.2, -0.15) is 5.26 Å². The number of ether oxygens (including phenoxy) is 1. The highest BCUT2D eigenvalue weighted by atomic mass is 19.3. The molecule has 0 radical (unpaired) electrons. The van der Waals surface area contributed by atoms with Crippen molar-refractivity contribution in [2.75, 3.05) is 7.11 Å². The van der Waals surface area contributed by atoms with Gasteiger partial charge in [-0.1, -0.05) is 0 Å². The lowest BCUT2D eigenvalue weighted by Gasteiger charge is -2.05. The van der Waals surface area contributed by atoms with Crippen molar-refractivity contribution in [3.63, 3.8) is 0 Å². The molecule has 13 heavy (non-hydrogen) atoms. The number of halogens is 2. The number of methoxy groups -OCH3 is 1. The molecule has 0 atom stereocenters. The van der Waals surface area contributed by atoms with Crippen molar-refractivity contribution < 1.29 is 13.5 Å². The van der Waals surface area contributed by atoms with Crippen LogP contribution in [-0.2, 0) is 0 Å². The Hall–Kier alpha value is -1.70. The van der Waals surface area contributed by atoms with Gasteiger partial charge in [0, 0.05) is 6.20 Å². The molecule has 0 fully saturated rings. The average Bonchev–Trinajstić information content (AvgIpc) is 2.16. The van der Waals surface area contributed by atoms with Crippen LogP contribution < -0.4 is 4.74 Å². The van der Waals surface area contributed by atoms with Crippen molar-refractivity contribution >= 4 is 0 Å². The van der Waals surface area contributed by atoms with Crippen LogP contribution in [0.5, 0.6) is 5.75 Å². The zero-order chi connectivity index (χ0) is 9.84. The molecule has 0 unspecified atom stereocenters. The van der Waals surface area contributed by atoms with Gasteiger partial charge in [-0.15, -0.1) is 0 Å². The minimum atomic E-state index is -2.71. The highest BCUT2D eigenvalue weighted by molar-refractivity contribution is 5.46. The van der Waals surface area contributed by atoms with E-state index in [-0.39, 0.29) is 11.3 Å². The van der Waals surface area contributed by atoms with E-state index in [0.717, 1.165) is 6.20 Å². The lowest BCUT2D eigenvalue weighted by Crippen LogP contribution is -1.96. The molecule has 0 spiro atoms. The van der Waals surface area contributed by atoms with Gasteiger partial charge in [0.05, 0.1) is 18.9 Å². The summed E-state index contributed by atoms with van der Waals surface area (Å²) < 4.78 is 29.3. The summed E-state index contributed by atoms with van der Waals surface area (Å²) >= 11 is 0. The van der Waals surface area contributed by atoms with Gasteiger partial charge in [-0.25, -0.2) is 8.78 Å². The molecule has 0 N–H and O–H groups in total. The Kier molecular flexibility index (Phi) is 2.75. The summed E-state index contributed by atoms with van der Waals surface area (Å²) in [7, 11) is 1.30. The fraction of sp³-hybridized carbons (Fsp3) is 0.250. The number of nitrogens with zero attached hydrogens (tertiary/aromatic N) is 2. The van der Waals surface area contributed by atoms with E-state index in [0.29, 0.717) is 0 Å². The molecule has 0 aliphatic rings. The summed E-state index contributed by atoms with van der Waals surface area (Å²) in [6.07, 6.45) is -0.520. The third kappa shape index (κ3) is 1.72. The molecule has 0 aliphatic heterocycles. The Labute approximate surface area is 73.6 Å². The molecular formula is C8H6F2N2O. The van der Waals surface area contributed by atoms with Gasteiger partial charge in [0.2, 0.25) is 0 Å². The minimum absolute atomic E-state index is 0.0697. The lowest BCUT2D eigenvalue weighted by atomic mass is 10.1. The number of rotatable bonds is 2. The maximum atomic E-state index is 12.3. The molecule has 0 bridgehead atoms. The predicted octanol–water partition coefficient (Wildman–Crippen LogP) is 1.90. The Morgan fingerprint density at radius 2 is 2.23 bits per heavy atom. The molecule has 0 saturated carbocycles. The first kappa shape index (κ1) is 9.39. The first-order valence-corrected chi connectivity index (χ1v) is 3.40. The second kappa shape index (κ2) is 3.81. The number of nitriles is 1. The molecule has 1 aromatic rings. The molecule has 68 valence electrons. The third-order valence-electron chi connectivity index (χ3n) is 1.51. The van der Waals surface area contributed by atoms with Crippen molar-refractivity contribution in [2.45, 2.75) is 6.43 Å².